The lowest BCUT2D eigenvalue weighted by Crippen LogP contribution is -2.13. The Morgan fingerprint density at radius 2 is 1.53 bits per heavy atom. The molecule has 11 nitrogen and oxygen atoms in total. The van der Waals surface area contributed by atoms with Gasteiger partial charge in [0.15, 0.2) is 0 Å². The number of aryl methyl sites for hydroxylation is 2. The van der Waals surface area contributed by atoms with Crippen LogP contribution in [0, 0.1) is 13.8 Å². The average Bonchev–Trinajstić information content (AvgIpc) is 3.64. The SMILES string of the molecule is Cc1cc(CC(=O)Cc2nnc([C@H]3CCC[C@H](c4nnc(NC(=O)Cc5cc(C)no5)s4)C3)s2)on1. The van der Waals surface area contributed by atoms with Crippen LogP contribution in [0.2, 0.25) is 0 Å². The maximum absolute atomic E-state index is 12.4. The maximum Gasteiger partial charge on any atom is 0.233 e. The lowest BCUT2D eigenvalue weighted by molar-refractivity contribution is -0.118. The Kier molecular flexibility index (Phi) is 7.28. The molecule has 0 spiro atoms. The van der Waals surface area contributed by atoms with Crippen LogP contribution in [0.4, 0.5) is 5.13 Å². The molecule has 1 aliphatic carbocycles. The number of anilines is 1. The summed E-state index contributed by atoms with van der Waals surface area (Å²) in [5.74, 6) is 1.39. The molecule has 0 radical (unpaired) electrons. The zero-order chi connectivity index (χ0) is 25.1. The number of Topliss-reactive ketones (excluding diaryl/α,β-unsaturated/α-hetero) is 1. The first-order chi connectivity index (χ1) is 17.4. The van der Waals surface area contributed by atoms with Gasteiger partial charge >= 0.3 is 0 Å². The van der Waals surface area contributed by atoms with Crippen molar-refractivity contribution in [2.45, 2.75) is 70.6 Å². The zero-order valence-corrected chi connectivity index (χ0v) is 21.5. The van der Waals surface area contributed by atoms with Crippen molar-refractivity contribution in [3.05, 3.63) is 50.1 Å². The molecule has 1 amide bonds. The van der Waals surface area contributed by atoms with Gasteiger partial charge in [-0.25, -0.2) is 0 Å². The zero-order valence-electron chi connectivity index (χ0n) is 19.9. The van der Waals surface area contributed by atoms with Gasteiger partial charge in [-0.1, -0.05) is 28.1 Å². The molecule has 4 aromatic rings. The third-order valence-corrected chi connectivity index (χ3v) is 8.04. The fourth-order valence-electron chi connectivity index (χ4n) is 4.34. The summed E-state index contributed by atoms with van der Waals surface area (Å²) in [6.45, 7) is 3.63. The molecule has 0 aromatic carbocycles. The predicted molar refractivity (Wildman–Crippen MR) is 131 cm³/mol. The number of aromatic nitrogens is 6. The number of carbonyl (C=O) groups is 2. The van der Waals surface area contributed by atoms with Crippen molar-refractivity contribution in [2.24, 2.45) is 0 Å². The number of carbonyl (C=O) groups excluding carboxylic acids is 2. The number of amides is 1. The summed E-state index contributed by atoms with van der Waals surface area (Å²) in [6.07, 6.45) is 4.50. The number of ketones is 1. The number of nitrogens with one attached hydrogen (secondary N) is 1. The minimum absolute atomic E-state index is 0.0252. The lowest BCUT2D eigenvalue weighted by Gasteiger charge is -2.25. The van der Waals surface area contributed by atoms with E-state index in [9.17, 15) is 9.59 Å². The van der Waals surface area contributed by atoms with E-state index in [1.54, 1.807) is 12.1 Å². The van der Waals surface area contributed by atoms with Gasteiger partial charge in [0.2, 0.25) is 11.0 Å². The second kappa shape index (κ2) is 10.7. The van der Waals surface area contributed by atoms with E-state index in [4.69, 9.17) is 9.05 Å². The van der Waals surface area contributed by atoms with Gasteiger partial charge in [0.1, 0.15) is 32.3 Å². The van der Waals surface area contributed by atoms with Crippen LogP contribution >= 0.6 is 22.7 Å². The second-order valence-corrected chi connectivity index (χ2v) is 11.1. The van der Waals surface area contributed by atoms with Crippen LogP contribution < -0.4 is 5.32 Å². The van der Waals surface area contributed by atoms with Gasteiger partial charge in [0.25, 0.3) is 0 Å². The van der Waals surface area contributed by atoms with Crippen molar-refractivity contribution in [1.82, 2.24) is 30.7 Å². The molecule has 188 valence electrons. The van der Waals surface area contributed by atoms with Crippen LogP contribution in [-0.2, 0) is 28.9 Å². The Balaban J connectivity index is 1.15. The van der Waals surface area contributed by atoms with E-state index in [-0.39, 0.29) is 42.8 Å². The Morgan fingerprint density at radius 3 is 2.19 bits per heavy atom. The maximum atomic E-state index is 12.4. The van der Waals surface area contributed by atoms with E-state index in [2.05, 4.69) is 36.0 Å². The number of rotatable bonds is 9. The smallest absolute Gasteiger partial charge is 0.233 e. The van der Waals surface area contributed by atoms with Crippen molar-refractivity contribution < 1.29 is 18.6 Å². The third-order valence-electron chi connectivity index (χ3n) is 5.95. The van der Waals surface area contributed by atoms with Gasteiger partial charge in [0.05, 0.1) is 30.7 Å². The highest BCUT2D eigenvalue weighted by Gasteiger charge is 2.29. The van der Waals surface area contributed by atoms with Crippen molar-refractivity contribution in [3.63, 3.8) is 0 Å². The number of hydrogen-bond donors (Lipinski definition) is 1. The molecule has 0 saturated heterocycles. The minimum atomic E-state index is -0.218. The van der Waals surface area contributed by atoms with Crippen LogP contribution in [0.25, 0.3) is 0 Å². The third kappa shape index (κ3) is 6.08. The van der Waals surface area contributed by atoms with E-state index in [1.165, 1.54) is 22.7 Å². The minimum Gasteiger partial charge on any atom is -0.361 e. The molecule has 5 rings (SSSR count). The first kappa shape index (κ1) is 24.4. The van der Waals surface area contributed by atoms with Crippen molar-refractivity contribution in [3.8, 4) is 0 Å². The summed E-state index contributed by atoms with van der Waals surface area (Å²) >= 11 is 2.91. The van der Waals surface area contributed by atoms with Crippen LogP contribution in [0.3, 0.4) is 0 Å². The molecule has 4 aromatic heterocycles. The van der Waals surface area contributed by atoms with Gasteiger partial charge in [-0.2, -0.15) is 0 Å². The summed E-state index contributed by atoms with van der Waals surface area (Å²) in [5, 5.41) is 30.6. The fraction of sp³-hybridized carbons (Fsp3) is 0.478. The van der Waals surface area contributed by atoms with Crippen LogP contribution in [0.5, 0.6) is 0 Å². The van der Waals surface area contributed by atoms with Gasteiger partial charge in [-0.15, -0.1) is 31.7 Å². The van der Waals surface area contributed by atoms with Crippen molar-refractivity contribution >= 4 is 39.5 Å². The van der Waals surface area contributed by atoms with Crippen LogP contribution in [-0.4, -0.2) is 42.4 Å². The first-order valence-electron chi connectivity index (χ1n) is 11.7. The molecular weight excluding hydrogens is 502 g/mol. The monoisotopic (exact) mass is 527 g/mol. The van der Waals surface area contributed by atoms with Gasteiger partial charge in [-0.3, -0.25) is 9.59 Å². The lowest BCUT2D eigenvalue weighted by atomic mass is 9.82. The first-order valence-corrected chi connectivity index (χ1v) is 13.4. The molecule has 36 heavy (non-hydrogen) atoms. The van der Waals surface area contributed by atoms with E-state index in [0.29, 0.717) is 16.7 Å². The average molecular weight is 528 g/mol. The second-order valence-electron chi connectivity index (χ2n) is 9.03. The molecule has 0 aliphatic heterocycles. The Morgan fingerprint density at radius 1 is 0.889 bits per heavy atom. The van der Waals surface area contributed by atoms with Crippen molar-refractivity contribution in [2.75, 3.05) is 5.32 Å². The molecule has 1 saturated carbocycles. The largest absolute Gasteiger partial charge is 0.361 e. The number of hydrogen-bond acceptors (Lipinski definition) is 12. The molecule has 0 bridgehead atoms. The normalized spacial score (nSPS) is 17.8. The highest BCUT2D eigenvalue weighted by Crippen LogP contribution is 2.43. The Bertz CT molecular complexity index is 1260. The summed E-state index contributed by atoms with van der Waals surface area (Å²) < 4.78 is 10.2. The quantitative estimate of drug-likeness (QED) is 0.339. The standard InChI is InChI=1S/C23H25N7O4S2/c1-12-6-17(33-29-12)9-16(31)10-20-25-26-21(35-20)14-4-3-5-15(8-14)22-27-28-23(36-22)24-19(32)11-18-7-13(2)30-34-18/h6-7,14-15H,3-5,8-11H2,1-2H3,(H,24,28,32)/t14-,15-/m0/s1. The van der Waals surface area contributed by atoms with E-state index in [1.807, 2.05) is 13.8 Å². The fourth-order valence-corrected chi connectivity index (χ4v) is 6.26. The van der Waals surface area contributed by atoms with E-state index >= 15 is 0 Å². The molecule has 1 fully saturated rings. The molecule has 1 aliphatic rings. The van der Waals surface area contributed by atoms with Gasteiger partial charge in [0, 0.05) is 24.0 Å². The summed E-state index contributed by atoms with van der Waals surface area (Å²) in [5.41, 5.74) is 1.49. The van der Waals surface area contributed by atoms with E-state index in [0.717, 1.165) is 52.1 Å². The molecular formula is C23H25N7O4S2. The summed E-state index contributed by atoms with van der Waals surface area (Å²) in [4.78, 5) is 24.7. The Hall–Kier alpha value is -3.32. The summed E-state index contributed by atoms with van der Waals surface area (Å²) in [6, 6.07) is 3.51. The topological polar surface area (TPSA) is 150 Å². The van der Waals surface area contributed by atoms with E-state index < -0.39 is 0 Å². The molecule has 0 unspecified atom stereocenters. The van der Waals surface area contributed by atoms with Crippen LogP contribution in [0.15, 0.2) is 21.2 Å². The molecule has 2 atom stereocenters. The van der Waals surface area contributed by atoms with Gasteiger partial charge in [-0.05, 0) is 33.1 Å². The van der Waals surface area contributed by atoms with Gasteiger partial charge < -0.3 is 14.4 Å². The number of nitrogens with zero attached hydrogens (tertiary/aromatic N) is 6. The molecule has 1 N–H and O–H groups in total. The molecule has 13 heteroatoms. The summed E-state index contributed by atoms with van der Waals surface area (Å²) in [7, 11) is 0. The highest BCUT2D eigenvalue weighted by molar-refractivity contribution is 7.15. The predicted octanol–water partition coefficient (Wildman–Crippen LogP) is 3.96. The van der Waals surface area contributed by atoms with Crippen LogP contribution in [0.1, 0.15) is 75.5 Å². The Labute approximate surface area is 214 Å². The highest BCUT2D eigenvalue weighted by atomic mass is 32.1. The van der Waals surface area contributed by atoms with Crippen molar-refractivity contribution in [1.29, 1.82) is 0 Å². The molecule has 4 heterocycles.